The van der Waals surface area contributed by atoms with Crippen LogP contribution in [0.5, 0.6) is 0 Å². The second kappa shape index (κ2) is 5.66. The van der Waals surface area contributed by atoms with Crippen LogP contribution in [0.4, 0.5) is 5.13 Å². The van der Waals surface area contributed by atoms with E-state index in [1.54, 1.807) is 5.51 Å². The summed E-state index contributed by atoms with van der Waals surface area (Å²) < 4.78 is 0. The van der Waals surface area contributed by atoms with Gasteiger partial charge in [-0.1, -0.05) is 18.3 Å². The lowest BCUT2D eigenvalue weighted by atomic mass is 10.2. The van der Waals surface area contributed by atoms with Crippen molar-refractivity contribution in [3.63, 3.8) is 0 Å². The van der Waals surface area contributed by atoms with E-state index in [4.69, 9.17) is 0 Å². The third-order valence-corrected chi connectivity index (χ3v) is 2.26. The fourth-order valence-corrected chi connectivity index (χ4v) is 1.56. The zero-order chi connectivity index (χ0) is 10.4. The second-order valence-electron chi connectivity index (χ2n) is 2.95. The van der Waals surface area contributed by atoms with Gasteiger partial charge in [0.1, 0.15) is 5.51 Å². The van der Waals surface area contributed by atoms with Crippen molar-refractivity contribution in [3.05, 3.63) is 5.51 Å². The normalized spacial score (nSPS) is 12.4. The molecule has 0 saturated carbocycles. The van der Waals surface area contributed by atoms with Gasteiger partial charge in [-0.3, -0.25) is 4.79 Å². The summed E-state index contributed by atoms with van der Waals surface area (Å²) in [6, 6.07) is 0.188. The molecule has 1 aromatic rings. The van der Waals surface area contributed by atoms with Crippen molar-refractivity contribution in [2.24, 2.45) is 0 Å². The van der Waals surface area contributed by atoms with Gasteiger partial charge in [-0.25, -0.2) is 0 Å². The number of carbonyl (C=O) groups excluding carboxylic acids is 1. The number of rotatable bonds is 5. The molecule has 0 fully saturated rings. The summed E-state index contributed by atoms with van der Waals surface area (Å²) in [5, 5.41) is 13.7. The van der Waals surface area contributed by atoms with E-state index in [-0.39, 0.29) is 11.9 Å². The number of nitrogens with zero attached hydrogens (tertiary/aromatic N) is 2. The highest BCUT2D eigenvalue weighted by molar-refractivity contribution is 7.13. The van der Waals surface area contributed by atoms with Crippen molar-refractivity contribution in [1.29, 1.82) is 0 Å². The van der Waals surface area contributed by atoms with Gasteiger partial charge in [0.15, 0.2) is 0 Å². The van der Waals surface area contributed by atoms with Gasteiger partial charge in [0.25, 0.3) is 0 Å². The Bertz CT molecular complexity index is 275. The Balaban J connectivity index is 2.29. The van der Waals surface area contributed by atoms with Crippen molar-refractivity contribution in [1.82, 2.24) is 15.5 Å². The summed E-state index contributed by atoms with van der Waals surface area (Å²) in [6.07, 6.45) is 0.452. The first kappa shape index (κ1) is 11.1. The fourth-order valence-electron chi connectivity index (χ4n) is 1.10. The van der Waals surface area contributed by atoms with Crippen LogP contribution in [0.15, 0.2) is 5.51 Å². The molecule has 1 rings (SSSR count). The highest BCUT2D eigenvalue weighted by atomic mass is 32.1. The molecule has 0 spiro atoms. The number of aromatic nitrogens is 2. The first-order valence-electron chi connectivity index (χ1n) is 4.51. The Morgan fingerprint density at radius 3 is 3.07 bits per heavy atom. The zero-order valence-electron chi connectivity index (χ0n) is 8.28. The lowest BCUT2D eigenvalue weighted by Gasteiger charge is -2.10. The van der Waals surface area contributed by atoms with Crippen LogP contribution >= 0.6 is 11.3 Å². The summed E-state index contributed by atoms with van der Waals surface area (Å²) in [6.45, 7) is 4.86. The van der Waals surface area contributed by atoms with Crippen LogP contribution in [0.1, 0.15) is 20.3 Å². The van der Waals surface area contributed by atoms with E-state index in [2.05, 4.69) is 20.8 Å². The number of carbonyl (C=O) groups is 1. The third kappa shape index (κ3) is 3.80. The van der Waals surface area contributed by atoms with Crippen LogP contribution < -0.4 is 10.6 Å². The Morgan fingerprint density at radius 2 is 2.50 bits per heavy atom. The molecule has 6 heteroatoms. The van der Waals surface area contributed by atoms with Gasteiger partial charge in [-0.05, 0) is 13.5 Å². The Hall–Kier alpha value is -1.01. The molecule has 0 aromatic carbocycles. The van der Waals surface area contributed by atoms with Crippen LogP contribution in [0, 0.1) is 0 Å². The van der Waals surface area contributed by atoms with Gasteiger partial charge in [0.2, 0.25) is 11.0 Å². The quantitative estimate of drug-likeness (QED) is 0.763. The van der Waals surface area contributed by atoms with Gasteiger partial charge in [0, 0.05) is 12.5 Å². The number of nitrogens with one attached hydrogen (secondary N) is 2. The standard InChI is InChI=1S/C8H14N4OS/c1-3-9-6(2)4-7(13)11-8-12-10-5-14-8/h5-6,9H,3-4H2,1-2H3,(H,11,12,13). The van der Waals surface area contributed by atoms with E-state index < -0.39 is 0 Å². The molecule has 1 amide bonds. The lowest BCUT2D eigenvalue weighted by Crippen LogP contribution is -2.30. The topological polar surface area (TPSA) is 66.9 Å². The van der Waals surface area contributed by atoms with E-state index in [1.165, 1.54) is 11.3 Å². The highest BCUT2D eigenvalue weighted by Crippen LogP contribution is 2.08. The average Bonchev–Trinajstić information content (AvgIpc) is 2.56. The Kier molecular flexibility index (Phi) is 4.48. The maximum Gasteiger partial charge on any atom is 0.227 e. The fraction of sp³-hybridized carbons (Fsp3) is 0.625. The van der Waals surface area contributed by atoms with Gasteiger partial charge < -0.3 is 10.6 Å². The largest absolute Gasteiger partial charge is 0.314 e. The lowest BCUT2D eigenvalue weighted by molar-refractivity contribution is -0.116. The first-order chi connectivity index (χ1) is 6.72. The van der Waals surface area contributed by atoms with E-state index in [9.17, 15) is 4.79 Å². The van der Waals surface area contributed by atoms with Crippen molar-refractivity contribution in [2.45, 2.75) is 26.3 Å². The van der Waals surface area contributed by atoms with Gasteiger partial charge in [0.05, 0.1) is 0 Å². The molecule has 78 valence electrons. The van der Waals surface area contributed by atoms with Gasteiger partial charge in [-0.2, -0.15) is 0 Å². The highest BCUT2D eigenvalue weighted by Gasteiger charge is 2.08. The number of amides is 1. The molecular formula is C8H14N4OS. The summed E-state index contributed by atoms with van der Waals surface area (Å²) in [4.78, 5) is 11.4. The maximum absolute atomic E-state index is 11.4. The van der Waals surface area contributed by atoms with Crippen LogP contribution in [-0.2, 0) is 4.79 Å². The molecule has 1 heterocycles. The summed E-state index contributed by atoms with van der Waals surface area (Å²) in [7, 11) is 0. The summed E-state index contributed by atoms with van der Waals surface area (Å²) in [5.41, 5.74) is 1.59. The number of hydrogen-bond donors (Lipinski definition) is 2. The van der Waals surface area contributed by atoms with E-state index in [0.717, 1.165) is 6.54 Å². The van der Waals surface area contributed by atoms with Crippen molar-refractivity contribution >= 4 is 22.4 Å². The molecule has 1 unspecified atom stereocenters. The minimum atomic E-state index is -0.0322. The molecule has 0 saturated heterocycles. The third-order valence-electron chi connectivity index (χ3n) is 1.65. The van der Waals surface area contributed by atoms with Crippen LogP contribution in [-0.4, -0.2) is 28.7 Å². The number of hydrogen-bond acceptors (Lipinski definition) is 5. The minimum Gasteiger partial charge on any atom is -0.314 e. The molecule has 0 aliphatic carbocycles. The number of anilines is 1. The van der Waals surface area contributed by atoms with E-state index in [1.807, 2.05) is 13.8 Å². The average molecular weight is 214 g/mol. The first-order valence-corrected chi connectivity index (χ1v) is 5.39. The van der Waals surface area contributed by atoms with Crippen molar-refractivity contribution < 1.29 is 4.79 Å². The van der Waals surface area contributed by atoms with Crippen LogP contribution in [0.2, 0.25) is 0 Å². The molecule has 0 aliphatic heterocycles. The predicted octanol–water partition coefficient (Wildman–Crippen LogP) is 0.865. The molecule has 0 aliphatic rings. The second-order valence-corrected chi connectivity index (χ2v) is 3.79. The SMILES string of the molecule is CCNC(C)CC(=O)Nc1nncs1. The molecule has 1 aromatic heterocycles. The van der Waals surface area contributed by atoms with Gasteiger partial charge >= 0.3 is 0 Å². The Labute approximate surface area is 86.9 Å². The molecule has 0 bridgehead atoms. The van der Waals surface area contributed by atoms with Crippen molar-refractivity contribution in [3.8, 4) is 0 Å². The van der Waals surface area contributed by atoms with Gasteiger partial charge in [-0.15, -0.1) is 10.2 Å². The molecular weight excluding hydrogens is 200 g/mol. The summed E-state index contributed by atoms with van der Waals surface area (Å²) in [5.74, 6) is -0.0322. The van der Waals surface area contributed by atoms with E-state index in [0.29, 0.717) is 11.6 Å². The smallest absolute Gasteiger partial charge is 0.227 e. The van der Waals surface area contributed by atoms with Crippen LogP contribution in [0.3, 0.4) is 0 Å². The zero-order valence-corrected chi connectivity index (χ0v) is 9.10. The monoisotopic (exact) mass is 214 g/mol. The van der Waals surface area contributed by atoms with Crippen LogP contribution in [0.25, 0.3) is 0 Å². The molecule has 0 radical (unpaired) electrons. The van der Waals surface area contributed by atoms with Crippen molar-refractivity contribution in [2.75, 3.05) is 11.9 Å². The van der Waals surface area contributed by atoms with E-state index >= 15 is 0 Å². The summed E-state index contributed by atoms with van der Waals surface area (Å²) >= 11 is 1.32. The molecule has 14 heavy (non-hydrogen) atoms. The molecule has 2 N–H and O–H groups in total. The predicted molar refractivity (Wildman–Crippen MR) is 56.3 cm³/mol. The Morgan fingerprint density at radius 1 is 1.71 bits per heavy atom. The molecule has 1 atom stereocenters. The maximum atomic E-state index is 11.4. The minimum absolute atomic E-state index is 0.0322. The molecule has 5 nitrogen and oxygen atoms in total.